The molecule has 0 amide bonds. The van der Waals surface area contributed by atoms with E-state index >= 15 is 0 Å². The predicted octanol–water partition coefficient (Wildman–Crippen LogP) is 4.04. The zero-order valence-electron chi connectivity index (χ0n) is 9.53. The van der Waals surface area contributed by atoms with Gasteiger partial charge in [-0.2, -0.15) is 0 Å². The second-order valence-electron chi connectivity index (χ2n) is 3.90. The summed E-state index contributed by atoms with van der Waals surface area (Å²) in [7, 11) is 0. The Kier molecular flexibility index (Phi) is 3.20. The lowest BCUT2D eigenvalue weighted by Crippen LogP contribution is -1.91. The molecule has 0 aliphatic carbocycles. The number of nitrogen functional groups attached to an aromatic ring is 1. The topological polar surface area (TPSA) is 26.0 Å². The van der Waals surface area contributed by atoms with Gasteiger partial charge in [-0.1, -0.05) is 41.6 Å². The molecule has 2 N–H and O–H groups in total. The molecule has 0 unspecified atom stereocenters. The van der Waals surface area contributed by atoms with Gasteiger partial charge >= 0.3 is 0 Å². The van der Waals surface area contributed by atoms with Crippen molar-refractivity contribution in [1.29, 1.82) is 0 Å². The molecule has 1 nitrogen and oxygen atoms in total. The summed E-state index contributed by atoms with van der Waals surface area (Å²) < 4.78 is 0. The Balaban J connectivity index is 2.27. The van der Waals surface area contributed by atoms with Gasteiger partial charge in [-0.3, -0.25) is 0 Å². The third-order valence-electron chi connectivity index (χ3n) is 2.53. The van der Waals surface area contributed by atoms with Gasteiger partial charge < -0.3 is 5.73 Å². The van der Waals surface area contributed by atoms with Crippen LogP contribution in [-0.4, -0.2) is 0 Å². The third kappa shape index (κ3) is 2.39. The lowest BCUT2D eigenvalue weighted by Gasteiger charge is -2.07. The number of para-hydroxylation sites is 1. The van der Waals surface area contributed by atoms with E-state index in [0.717, 1.165) is 16.1 Å². The van der Waals surface area contributed by atoms with Gasteiger partial charge in [-0.15, -0.1) is 0 Å². The Morgan fingerprint density at radius 2 is 1.62 bits per heavy atom. The Hall–Kier alpha value is -1.41. The molecule has 0 saturated heterocycles. The first-order valence-corrected chi connectivity index (χ1v) is 6.08. The Morgan fingerprint density at radius 1 is 0.938 bits per heavy atom. The molecule has 2 rings (SSSR count). The van der Waals surface area contributed by atoms with Crippen molar-refractivity contribution in [2.75, 3.05) is 5.73 Å². The minimum Gasteiger partial charge on any atom is -0.398 e. The van der Waals surface area contributed by atoms with Crippen molar-refractivity contribution < 1.29 is 0 Å². The van der Waals surface area contributed by atoms with Crippen molar-refractivity contribution in [3.63, 3.8) is 0 Å². The van der Waals surface area contributed by atoms with Crippen LogP contribution in [0.5, 0.6) is 0 Å². The summed E-state index contributed by atoms with van der Waals surface area (Å²) in [5.41, 5.74) is 9.34. The largest absolute Gasteiger partial charge is 0.398 e. The minimum atomic E-state index is 0.882. The lowest BCUT2D eigenvalue weighted by molar-refractivity contribution is 1.34. The van der Waals surface area contributed by atoms with E-state index in [9.17, 15) is 0 Å². The van der Waals surface area contributed by atoms with Crippen LogP contribution in [0.15, 0.2) is 52.3 Å². The van der Waals surface area contributed by atoms with Crippen molar-refractivity contribution in [2.45, 2.75) is 23.6 Å². The number of hydrogen-bond donors (Lipinski definition) is 1. The molecule has 0 heterocycles. The van der Waals surface area contributed by atoms with Gasteiger partial charge in [-0.25, -0.2) is 0 Å². The second kappa shape index (κ2) is 4.62. The monoisotopic (exact) mass is 229 g/mol. The average Bonchev–Trinajstić information content (AvgIpc) is 2.28. The van der Waals surface area contributed by atoms with Crippen LogP contribution in [0.1, 0.15) is 11.1 Å². The molecule has 0 aromatic heterocycles. The fourth-order valence-electron chi connectivity index (χ4n) is 1.48. The van der Waals surface area contributed by atoms with Crippen LogP contribution >= 0.6 is 11.8 Å². The summed E-state index contributed by atoms with van der Waals surface area (Å²) in [5.74, 6) is 0. The molecule has 2 aromatic carbocycles. The van der Waals surface area contributed by atoms with Gasteiger partial charge in [0, 0.05) is 15.5 Å². The number of nitrogens with two attached hydrogens (primary N) is 1. The maximum absolute atomic E-state index is 6.04. The quantitative estimate of drug-likeness (QED) is 0.787. The maximum Gasteiger partial charge on any atom is 0.0485 e. The number of hydrogen-bond acceptors (Lipinski definition) is 2. The van der Waals surface area contributed by atoms with Gasteiger partial charge in [0.2, 0.25) is 0 Å². The fraction of sp³-hybridized carbons (Fsp3) is 0.143. The molecule has 82 valence electrons. The normalized spacial score (nSPS) is 10.4. The summed E-state index contributed by atoms with van der Waals surface area (Å²) in [6.07, 6.45) is 0. The first-order chi connectivity index (χ1) is 7.66. The van der Waals surface area contributed by atoms with E-state index in [2.05, 4.69) is 37.3 Å². The van der Waals surface area contributed by atoms with Crippen molar-refractivity contribution in [3.05, 3.63) is 53.6 Å². The van der Waals surface area contributed by atoms with Crippen molar-refractivity contribution in [1.82, 2.24) is 0 Å². The molecule has 0 saturated carbocycles. The van der Waals surface area contributed by atoms with Crippen molar-refractivity contribution >= 4 is 17.4 Å². The Labute approximate surface area is 101 Å². The fourth-order valence-corrected chi connectivity index (χ4v) is 2.42. The van der Waals surface area contributed by atoms with Gasteiger partial charge in [0.1, 0.15) is 0 Å². The van der Waals surface area contributed by atoms with E-state index in [0.29, 0.717) is 0 Å². The van der Waals surface area contributed by atoms with Crippen molar-refractivity contribution in [2.24, 2.45) is 0 Å². The van der Waals surface area contributed by atoms with E-state index in [-0.39, 0.29) is 0 Å². The van der Waals surface area contributed by atoms with E-state index in [1.54, 1.807) is 11.8 Å². The van der Waals surface area contributed by atoms with Gasteiger partial charge in [-0.05, 0) is 37.6 Å². The smallest absolute Gasteiger partial charge is 0.0485 e. The van der Waals surface area contributed by atoms with Gasteiger partial charge in [0.25, 0.3) is 0 Å². The molecule has 0 spiro atoms. The molecule has 0 atom stereocenters. The van der Waals surface area contributed by atoms with E-state index < -0.39 is 0 Å². The van der Waals surface area contributed by atoms with Crippen LogP contribution < -0.4 is 5.73 Å². The number of aryl methyl sites for hydroxylation is 2. The first kappa shape index (κ1) is 11.1. The molecule has 16 heavy (non-hydrogen) atoms. The van der Waals surface area contributed by atoms with Crippen LogP contribution in [0.4, 0.5) is 5.69 Å². The highest BCUT2D eigenvalue weighted by molar-refractivity contribution is 7.99. The molecule has 0 aliphatic rings. The second-order valence-corrected chi connectivity index (χ2v) is 5.02. The molecular weight excluding hydrogens is 214 g/mol. The molecule has 0 fully saturated rings. The van der Waals surface area contributed by atoms with Crippen LogP contribution in [-0.2, 0) is 0 Å². The first-order valence-electron chi connectivity index (χ1n) is 5.26. The third-order valence-corrected chi connectivity index (χ3v) is 3.62. The summed E-state index contributed by atoms with van der Waals surface area (Å²) >= 11 is 1.71. The van der Waals surface area contributed by atoms with E-state index in [1.807, 2.05) is 19.1 Å². The SMILES string of the molecule is Cc1ccc(Sc2cccc(C)c2N)cc1. The maximum atomic E-state index is 6.04. The van der Waals surface area contributed by atoms with Crippen LogP contribution in [0.2, 0.25) is 0 Å². The number of benzene rings is 2. The molecule has 0 aliphatic heterocycles. The standard InChI is InChI=1S/C14H15NS/c1-10-6-8-12(9-7-10)16-13-5-3-4-11(2)14(13)15/h3-9H,15H2,1-2H3. The lowest BCUT2D eigenvalue weighted by atomic mass is 10.2. The average molecular weight is 229 g/mol. The molecule has 0 radical (unpaired) electrons. The summed E-state index contributed by atoms with van der Waals surface area (Å²) in [6, 6.07) is 14.6. The zero-order valence-corrected chi connectivity index (χ0v) is 10.3. The molecule has 2 aromatic rings. The minimum absolute atomic E-state index is 0.882. The van der Waals surface area contributed by atoms with Gasteiger partial charge in [0.05, 0.1) is 0 Å². The Bertz CT molecular complexity index is 489. The highest BCUT2D eigenvalue weighted by Gasteiger charge is 2.03. The van der Waals surface area contributed by atoms with Crippen LogP contribution in [0, 0.1) is 13.8 Å². The van der Waals surface area contributed by atoms with Crippen molar-refractivity contribution in [3.8, 4) is 0 Å². The number of anilines is 1. The Morgan fingerprint density at radius 3 is 2.31 bits per heavy atom. The van der Waals surface area contributed by atoms with E-state index in [4.69, 9.17) is 5.73 Å². The molecule has 2 heteroatoms. The van der Waals surface area contributed by atoms with Crippen LogP contribution in [0.3, 0.4) is 0 Å². The highest BCUT2D eigenvalue weighted by Crippen LogP contribution is 2.33. The molecular formula is C14H15NS. The predicted molar refractivity (Wildman–Crippen MR) is 70.9 cm³/mol. The van der Waals surface area contributed by atoms with Gasteiger partial charge in [0.15, 0.2) is 0 Å². The molecule has 0 bridgehead atoms. The van der Waals surface area contributed by atoms with Crippen LogP contribution in [0.25, 0.3) is 0 Å². The summed E-state index contributed by atoms with van der Waals surface area (Å²) in [6.45, 7) is 4.13. The number of rotatable bonds is 2. The summed E-state index contributed by atoms with van der Waals surface area (Å²) in [4.78, 5) is 2.35. The van der Waals surface area contributed by atoms with E-state index in [1.165, 1.54) is 10.5 Å². The zero-order chi connectivity index (χ0) is 11.5. The highest BCUT2D eigenvalue weighted by atomic mass is 32.2. The summed E-state index contributed by atoms with van der Waals surface area (Å²) in [5, 5.41) is 0.